The molecule has 1 amide bonds. The van der Waals surface area contributed by atoms with Crippen LogP contribution in [0.3, 0.4) is 0 Å². The van der Waals surface area contributed by atoms with Gasteiger partial charge in [0.1, 0.15) is 12.2 Å². The van der Waals surface area contributed by atoms with E-state index in [2.05, 4.69) is 10.3 Å². The number of hydrogen-bond donors (Lipinski definition) is 2. The number of carbonyl (C=O) groups is 1. The molecule has 0 aliphatic carbocycles. The number of benzene rings is 1. The van der Waals surface area contributed by atoms with Gasteiger partial charge >= 0.3 is 6.09 Å². The van der Waals surface area contributed by atoms with Crippen LogP contribution in [0.2, 0.25) is 0 Å². The number of carbonyl (C=O) groups excluding carboxylic acids is 1. The number of methoxy groups -OCH3 is 2. The Hall–Kier alpha value is -2.57. The molecule has 0 saturated heterocycles. The van der Waals surface area contributed by atoms with Crippen molar-refractivity contribution in [3.05, 3.63) is 17.8 Å². The van der Waals surface area contributed by atoms with Crippen LogP contribution in [-0.2, 0) is 4.74 Å². The minimum Gasteiger partial charge on any atom is -0.493 e. The topological polar surface area (TPSA) is 81.8 Å². The molecule has 2 N–H and O–H groups in total. The second kappa shape index (κ2) is 7.55. The fraction of sp³-hybridized carbons (Fsp3) is 0.500. The molecule has 1 aromatic carbocycles. The van der Waals surface area contributed by atoms with E-state index in [4.69, 9.17) is 18.9 Å². The van der Waals surface area contributed by atoms with Crippen LogP contribution in [-0.4, -0.2) is 44.0 Å². The first kappa shape index (κ1) is 18.8. The summed E-state index contributed by atoms with van der Waals surface area (Å²) in [5.74, 6) is 1.63. The van der Waals surface area contributed by atoms with Crippen LogP contribution in [0.1, 0.15) is 26.5 Å². The summed E-state index contributed by atoms with van der Waals surface area (Å²) in [5.41, 5.74) is 1.32. The molecule has 25 heavy (non-hydrogen) atoms. The van der Waals surface area contributed by atoms with Crippen LogP contribution in [0.5, 0.6) is 17.2 Å². The molecular formula is C18H26N2O5. The highest BCUT2D eigenvalue weighted by molar-refractivity contribution is 5.91. The lowest BCUT2D eigenvalue weighted by Crippen LogP contribution is -2.34. The summed E-state index contributed by atoms with van der Waals surface area (Å²) in [6.07, 6.45) is -0.481. The third-order valence-corrected chi connectivity index (χ3v) is 3.37. The summed E-state index contributed by atoms with van der Waals surface area (Å²) >= 11 is 0. The number of nitrogens with one attached hydrogen (secondary N) is 2. The van der Waals surface area contributed by atoms with Crippen molar-refractivity contribution >= 4 is 17.0 Å². The van der Waals surface area contributed by atoms with E-state index in [1.807, 2.05) is 39.8 Å². The molecule has 0 spiro atoms. The number of fused-ring (bicyclic) bond motifs is 1. The van der Waals surface area contributed by atoms with E-state index >= 15 is 0 Å². The van der Waals surface area contributed by atoms with E-state index in [0.29, 0.717) is 23.8 Å². The van der Waals surface area contributed by atoms with Crippen molar-refractivity contribution in [3.63, 3.8) is 0 Å². The van der Waals surface area contributed by atoms with Crippen LogP contribution in [0.15, 0.2) is 12.1 Å². The zero-order valence-electron chi connectivity index (χ0n) is 15.6. The molecule has 0 atom stereocenters. The van der Waals surface area contributed by atoms with Gasteiger partial charge in [0.15, 0.2) is 11.5 Å². The summed E-state index contributed by atoms with van der Waals surface area (Å²) in [6.45, 7) is 7.95. The Balaban J connectivity index is 2.08. The number of amides is 1. The van der Waals surface area contributed by atoms with Crippen LogP contribution in [0, 0.1) is 6.92 Å². The number of ether oxygens (including phenoxy) is 4. The van der Waals surface area contributed by atoms with Gasteiger partial charge in [-0.15, -0.1) is 0 Å². The zero-order chi connectivity index (χ0) is 18.6. The molecule has 0 aliphatic rings. The monoisotopic (exact) mass is 350 g/mol. The van der Waals surface area contributed by atoms with Crippen molar-refractivity contribution in [2.45, 2.75) is 33.3 Å². The van der Waals surface area contributed by atoms with Gasteiger partial charge in [0.25, 0.3) is 0 Å². The smallest absolute Gasteiger partial charge is 0.407 e. The molecule has 1 heterocycles. The van der Waals surface area contributed by atoms with Gasteiger partial charge in [0.05, 0.1) is 26.3 Å². The lowest BCUT2D eigenvalue weighted by molar-refractivity contribution is 0.0520. The first-order valence-electron chi connectivity index (χ1n) is 8.09. The highest BCUT2D eigenvalue weighted by Crippen LogP contribution is 2.43. The molecule has 0 unspecified atom stereocenters. The van der Waals surface area contributed by atoms with E-state index in [0.717, 1.165) is 16.6 Å². The Morgan fingerprint density at radius 1 is 1.16 bits per heavy atom. The maximum atomic E-state index is 11.7. The Labute approximate surface area is 147 Å². The van der Waals surface area contributed by atoms with Gasteiger partial charge in [0.2, 0.25) is 5.75 Å². The number of aryl methyl sites for hydroxylation is 1. The molecule has 138 valence electrons. The molecule has 0 aliphatic heterocycles. The summed E-state index contributed by atoms with van der Waals surface area (Å²) < 4.78 is 21.9. The van der Waals surface area contributed by atoms with Gasteiger partial charge in [-0.1, -0.05) is 0 Å². The fourth-order valence-corrected chi connectivity index (χ4v) is 2.45. The van der Waals surface area contributed by atoms with Crippen LogP contribution in [0.4, 0.5) is 4.79 Å². The summed E-state index contributed by atoms with van der Waals surface area (Å²) in [7, 11) is 3.15. The normalized spacial score (nSPS) is 11.3. The molecule has 1 aromatic heterocycles. The second-order valence-electron chi connectivity index (χ2n) is 6.63. The van der Waals surface area contributed by atoms with Gasteiger partial charge in [-0.2, -0.15) is 0 Å². The van der Waals surface area contributed by atoms with E-state index in [-0.39, 0.29) is 6.61 Å². The molecule has 7 heteroatoms. The Kier molecular flexibility index (Phi) is 5.66. The van der Waals surface area contributed by atoms with Crippen molar-refractivity contribution in [1.29, 1.82) is 0 Å². The SMILES string of the molecule is COc1cc2cc(C)[nH]c2c(OC)c1OCCNC(=O)OC(C)(C)C. The van der Waals surface area contributed by atoms with Gasteiger partial charge in [-0.05, 0) is 39.8 Å². The Morgan fingerprint density at radius 3 is 2.48 bits per heavy atom. The number of aromatic amines is 1. The summed E-state index contributed by atoms with van der Waals surface area (Å²) in [4.78, 5) is 14.9. The predicted molar refractivity (Wildman–Crippen MR) is 95.9 cm³/mol. The van der Waals surface area contributed by atoms with Gasteiger partial charge in [-0.25, -0.2) is 4.79 Å². The van der Waals surface area contributed by atoms with E-state index in [9.17, 15) is 4.79 Å². The minimum atomic E-state index is -0.534. The van der Waals surface area contributed by atoms with E-state index in [1.165, 1.54) is 0 Å². The third kappa shape index (κ3) is 4.71. The average molecular weight is 350 g/mol. The fourth-order valence-electron chi connectivity index (χ4n) is 2.45. The predicted octanol–water partition coefficient (Wildman–Crippen LogP) is 3.40. The Morgan fingerprint density at radius 2 is 1.88 bits per heavy atom. The highest BCUT2D eigenvalue weighted by Gasteiger charge is 2.19. The van der Waals surface area contributed by atoms with Gasteiger partial charge in [-0.3, -0.25) is 0 Å². The quantitative estimate of drug-likeness (QED) is 0.781. The number of rotatable bonds is 6. The van der Waals surface area contributed by atoms with Crippen LogP contribution < -0.4 is 19.5 Å². The van der Waals surface area contributed by atoms with Crippen molar-refractivity contribution in [1.82, 2.24) is 10.3 Å². The summed E-state index contributed by atoms with van der Waals surface area (Å²) in [6, 6.07) is 3.90. The molecule has 2 rings (SSSR count). The van der Waals surface area contributed by atoms with Crippen molar-refractivity contribution < 1.29 is 23.7 Å². The van der Waals surface area contributed by atoms with Crippen molar-refractivity contribution in [2.24, 2.45) is 0 Å². The minimum absolute atomic E-state index is 0.247. The molecule has 7 nitrogen and oxygen atoms in total. The lowest BCUT2D eigenvalue weighted by atomic mass is 10.2. The highest BCUT2D eigenvalue weighted by atomic mass is 16.6. The maximum absolute atomic E-state index is 11.7. The molecule has 0 radical (unpaired) electrons. The second-order valence-corrected chi connectivity index (χ2v) is 6.63. The van der Waals surface area contributed by atoms with Gasteiger partial charge < -0.3 is 29.2 Å². The third-order valence-electron chi connectivity index (χ3n) is 3.37. The standard InChI is InChI=1S/C18H26N2O5/c1-11-9-12-10-13(22-5)15(16(23-6)14(12)20-11)24-8-7-19-17(21)25-18(2,3)4/h9-10,20H,7-8H2,1-6H3,(H,19,21). The van der Waals surface area contributed by atoms with Crippen LogP contribution in [0.25, 0.3) is 10.9 Å². The molecule has 0 saturated carbocycles. The number of H-pyrrole nitrogens is 1. The average Bonchev–Trinajstić information content (AvgIpc) is 2.88. The number of hydrogen-bond acceptors (Lipinski definition) is 5. The zero-order valence-corrected chi connectivity index (χ0v) is 15.6. The largest absolute Gasteiger partial charge is 0.493 e. The first-order valence-corrected chi connectivity index (χ1v) is 8.09. The molecule has 2 aromatic rings. The number of alkyl carbamates (subject to hydrolysis) is 1. The van der Waals surface area contributed by atoms with E-state index in [1.54, 1.807) is 14.2 Å². The van der Waals surface area contributed by atoms with E-state index < -0.39 is 11.7 Å². The van der Waals surface area contributed by atoms with Gasteiger partial charge in [0, 0.05) is 11.1 Å². The molecule has 0 bridgehead atoms. The first-order chi connectivity index (χ1) is 11.7. The Bertz CT molecular complexity index is 746. The maximum Gasteiger partial charge on any atom is 0.407 e. The lowest BCUT2D eigenvalue weighted by Gasteiger charge is -2.20. The number of aromatic nitrogens is 1. The van der Waals surface area contributed by atoms with Crippen LogP contribution >= 0.6 is 0 Å². The van der Waals surface area contributed by atoms with Crippen molar-refractivity contribution in [2.75, 3.05) is 27.4 Å². The molecular weight excluding hydrogens is 324 g/mol. The summed E-state index contributed by atoms with van der Waals surface area (Å²) in [5, 5.41) is 3.63. The molecule has 0 fully saturated rings. The van der Waals surface area contributed by atoms with Crippen molar-refractivity contribution in [3.8, 4) is 17.2 Å².